The fourth-order valence-corrected chi connectivity index (χ4v) is 1.78. The van der Waals surface area contributed by atoms with Crippen molar-refractivity contribution in [1.82, 2.24) is 0 Å². The van der Waals surface area contributed by atoms with Crippen LogP contribution in [0.3, 0.4) is 0 Å². The van der Waals surface area contributed by atoms with E-state index < -0.39 is 24.0 Å². The summed E-state index contributed by atoms with van der Waals surface area (Å²) in [5.41, 5.74) is 0. The van der Waals surface area contributed by atoms with E-state index in [0.717, 1.165) is 0 Å². The Hall–Kier alpha value is -2.30. The third-order valence-electron chi connectivity index (χ3n) is 2.92. The lowest BCUT2D eigenvalue weighted by molar-refractivity contribution is -0.143. The van der Waals surface area contributed by atoms with Crippen LogP contribution in [0.2, 0.25) is 0 Å². The first-order chi connectivity index (χ1) is 9.99. The Balaban J connectivity index is 4.55. The lowest BCUT2D eigenvalue weighted by Gasteiger charge is -2.16. The number of carbonyl (C=O) groups is 2. The zero-order valence-corrected chi connectivity index (χ0v) is 12.2. The number of hydrogen-bond donors (Lipinski definition) is 0. The molecule has 21 heavy (non-hydrogen) atoms. The number of rotatable bonds is 9. The molecule has 0 saturated heterocycles. The molecule has 0 aromatic rings. The van der Waals surface area contributed by atoms with Crippen LogP contribution in [-0.2, 0) is 28.7 Å². The second kappa shape index (κ2) is 10.5. The average Bonchev–Trinajstić information content (AvgIpc) is 2.49. The third kappa shape index (κ3) is 7.15. The lowest BCUT2D eigenvalue weighted by Crippen LogP contribution is -2.24. The molecule has 0 aliphatic heterocycles. The Morgan fingerprint density at radius 2 is 1.43 bits per heavy atom. The van der Waals surface area contributed by atoms with E-state index in [2.05, 4.69) is 19.5 Å². The van der Waals surface area contributed by atoms with Crippen molar-refractivity contribution in [2.24, 2.45) is 15.9 Å². The molecule has 8 nitrogen and oxygen atoms in total. The summed E-state index contributed by atoms with van der Waals surface area (Å²) in [4.78, 5) is 50.0. The van der Waals surface area contributed by atoms with Crippen molar-refractivity contribution < 1.29 is 28.7 Å². The summed E-state index contributed by atoms with van der Waals surface area (Å²) in [5, 5.41) is 0. The maximum atomic E-state index is 11.4. The van der Waals surface area contributed by atoms with Gasteiger partial charge in [-0.25, -0.2) is 19.2 Å². The van der Waals surface area contributed by atoms with E-state index in [4.69, 9.17) is 0 Å². The lowest BCUT2D eigenvalue weighted by atomic mass is 9.95. The van der Waals surface area contributed by atoms with Gasteiger partial charge in [-0.1, -0.05) is 6.92 Å². The average molecular weight is 298 g/mol. The van der Waals surface area contributed by atoms with Gasteiger partial charge in [-0.3, -0.25) is 0 Å². The molecule has 116 valence electrons. The van der Waals surface area contributed by atoms with E-state index in [1.54, 1.807) is 0 Å². The van der Waals surface area contributed by atoms with Gasteiger partial charge >= 0.3 is 11.9 Å². The van der Waals surface area contributed by atoms with Gasteiger partial charge in [0.05, 0.1) is 14.2 Å². The summed E-state index contributed by atoms with van der Waals surface area (Å²) in [6, 6.07) is -1.84. The third-order valence-corrected chi connectivity index (χ3v) is 2.92. The van der Waals surface area contributed by atoms with Crippen LogP contribution in [0, 0.1) is 5.92 Å². The number of esters is 2. The Bertz CT molecular complexity index is 452. The Labute approximate surface area is 122 Å². The largest absolute Gasteiger partial charge is 0.467 e. The van der Waals surface area contributed by atoms with Crippen molar-refractivity contribution in [2.75, 3.05) is 14.2 Å². The van der Waals surface area contributed by atoms with Crippen molar-refractivity contribution in [2.45, 2.75) is 38.3 Å². The van der Waals surface area contributed by atoms with Gasteiger partial charge in [0.15, 0.2) is 12.1 Å². The molecule has 0 saturated carbocycles. The molecule has 8 heteroatoms. The van der Waals surface area contributed by atoms with Gasteiger partial charge in [-0.15, -0.1) is 0 Å². The summed E-state index contributed by atoms with van der Waals surface area (Å²) >= 11 is 0. The summed E-state index contributed by atoms with van der Waals surface area (Å²) in [6.45, 7) is 1.81. The Kier molecular flexibility index (Phi) is 9.33. The van der Waals surface area contributed by atoms with E-state index in [9.17, 15) is 19.2 Å². The minimum Gasteiger partial charge on any atom is -0.467 e. The number of isocyanates is 2. The fraction of sp³-hybridized carbons (Fsp3) is 0.692. The molecular weight excluding hydrogens is 280 g/mol. The molecule has 0 spiro atoms. The second-order valence-corrected chi connectivity index (χ2v) is 4.44. The quantitative estimate of drug-likeness (QED) is 0.349. The first-order valence-corrected chi connectivity index (χ1v) is 6.29. The maximum Gasteiger partial charge on any atom is 0.331 e. The van der Waals surface area contributed by atoms with Crippen LogP contribution in [0.15, 0.2) is 9.98 Å². The number of methoxy groups -OCH3 is 2. The van der Waals surface area contributed by atoms with Crippen molar-refractivity contribution in [3.05, 3.63) is 0 Å². The normalized spacial score (nSPS) is 13.9. The van der Waals surface area contributed by atoms with Crippen molar-refractivity contribution in [3.8, 4) is 0 Å². The molecular formula is C13H18N2O6. The number of ether oxygens (including phenoxy) is 2. The SMILES string of the molecule is COC(=O)C(CC[C@@H](C)CC(N=C=O)C(=O)OC)N=C=O. The molecule has 3 atom stereocenters. The highest BCUT2D eigenvalue weighted by molar-refractivity contribution is 5.77. The minimum atomic E-state index is -0.923. The van der Waals surface area contributed by atoms with Gasteiger partial charge in [0.1, 0.15) is 0 Å². The number of hydrogen-bond acceptors (Lipinski definition) is 8. The first kappa shape index (κ1) is 18.7. The van der Waals surface area contributed by atoms with Crippen LogP contribution < -0.4 is 0 Å². The van der Waals surface area contributed by atoms with E-state index >= 15 is 0 Å². The second-order valence-electron chi connectivity index (χ2n) is 4.44. The van der Waals surface area contributed by atoms with Gasteiger partial charge < -0.3 is 9.47 Å². The van der Waals surface area contributed by atoms with Gasteiger partial charge in [-0.2, -0.15) is 9.98 Å². The van der Waals surface area contributed by atoms with Crippen LogP contribution in [0.5, 0.6) is 0 Å². The van der Waals surface area contributed by atoms with Crippen LogP contribution >= 0.6 is 0 Å². The molecule has 0 rings (SSSR count). The molecule has 0 amide bonds. The van der Waals surface area contributed by atoms with Crippen LogP contribution in [0.4, 0.5) is 0 Å². The Morgan fingerprint density at radius 1 is 0.952 bits per heavy atom. The van der Waals surface area contributed by atoms with E-state index in [0.29, 0.717) is 6.42 Å². The highest BCUT2D eigenvalue weighted by atomic mass is 16.5. The smallest absolute Gasteiger partial charge is 0.331 e. The molecule has 0 aromatic carbocycles. The first-order valence-electron chi connectivity index (χ1n) is 6.29. The summed E-state index contributed by atoms with van der Waals surface area (Å²) in [6.07, 6.45) is 3.67. The monoisotopic (exact) mass is 298 g/mol. The molecule has 0 heterocycles. The van der Waals surface area contributed by atoms with Crippen molar-refractivity contribution in [3.63, 3.8) is 0 Å². The molecule has 0 aromatic heterocycles. The number of nitrogens with zero attached hydrogens (tertiary/aromatic N) is 2. The van der Waals surface area contributed by atoms with Gasteiger partial charge in [0.25, 0.3) is 0 Å². The summed E-state index contributed by atoms with van der Waals surface area (Å²) < 4.78 is 9.05. The van der Waals surface area contributed by atoms with E-state index in [-0.39, 0.29) is 18.8 Å². The van der Waals surface area contributed by atoms with Crippen molar-refractivity contribution in [1.29, 1.82) is 0 Å². The van der Waals surface area contributed by atoms with E-state index in [1.165, 1.54) is 26.4 Å². The van der Waals surface area contributed by atoms with Crippen molar-refractivity contribution >= 4 is 24.1 Å². The number of aliphatic imine (C=N–C) groups is 2. The molecule has 0 bridgehead atoms. The van der Waals surface area contributed by atoms with Gasteiger partial charge in [0.2, 0.25) is 12.2 Å². The maximum absolute atomic E-state index is 11.4. The standard InChI is InChI=1S/C13H18N2O6/c1-9(6-11(15-8-17)13(19)21-3)4-5-10(14-7-16)12(18)20-2/h9-11H,4-6H2,1-3H3/t9-,10?,11?/m1/s1. The zero-order valence-electron chi connectivity index (χ0n) is 12.2. The molecule has 0 aliphatic carbocycles. The van der Waals surface area contributed by atoms with Crippen LogP contribution in [0.25, 0.3) is 0 Å². The molecule has 0 fully saturated rings. The van der Waals surface area contributed by atoms with Gasteiger partial charge in [0, 0.05) is 0 Å². The topological polar surface area (TPSA) is 111 Å². The van der Waals surface area contributed by atoms with Gasteiger partial charge in [-0.05, 0) is 25.2 Å². The molecule has 0 radical (unpaired) electrons. The highest BCUT2D eigenvalue weighted by Crippen LogP contribution is 2.18. The summed E-state index contributed by atoms with van der Waals surface area (Å²) in [5.74, 6) is -1.30. The highest BCUT2D eigenvalue weighted by Gasteiger charge is 2.24. The van der Waals surface area contributed by atoms with Crippen LogP contribution in [-0.4, -0.2) is 50.4 Å². The fourth-order valence-electron chi connectivity index (χ4n) is 1.78. The molecule has 0 N–H and O–H groups in total. The zero-order chi connectivity index (χ0) is 16.3. The molecule has 0 aliphatic rings. The van der Waals surface area contributed by atoms with E-state index in [1.807, 2.05) is 6.92 Å². The predicted molar refractivity (Wildman–Crippen MR) is 70.9 cm³/mol. The summed E-state index contributed by atoms with van der Waals surface area (Å²) in [7, 11) is 2.40. The minimum absolute atomic E-state index is 0.0554. The number of carbonyl (C=O) groups excluding carboxylic acids is 4. The Morgan fingerprint density at radius 3 is 1.90 bits per heavy atom. The van der Waals surface area contributed by atoms with Crippen LogP contribution in [0.1, 0.15) is 26.2 Å². The molecule has 2 unspecified atom stereocenters. The predicted octanol–water partition coefficient (Wildman–Crippen LogP) is 0.548.